The highest BCUT2D eigenvalue weighted by Crippen LogP contribution is 2.33. The van der Waals surface area contributed by atoms with Gasteiger partial charge in [0.2, 0.25) is 11.6 Å². The van der Waals surface area contributed by atoms with E-state index in [0.717, 1.165) is 0 Å². The van der Waals surface area contributed by atoms with E-state index >= 15 is 0 Å². The fraction of sp³-hybridized carbons (Fsp3) is 0.231. The first-order chi connectivity index (χ1) is 9.99. The minimum atomic E-state index is -0.555. The van der Waals surface area contributed by atoms with Gasteiger partial charge in [-0.2, -0.15) is 4.98 Å². The molecule has 0 spiro atoms. The van der Waals surface area contributed by atoms with Crippen LogP contribution < -0.4 is 10.1 Å². The Morgan fingerprint density at radius 2 is 2.14 bits per heavy atom. The number of nitrogens with zero attached hydrogens (tertiary/aromatic N) is 3. The molecule has 1 N–H and O–H groups in total. The van der Waals surface area contributed by atoms with Gasteiger partial charge in [-0.15, -0.1) is 0 Å². The van der Waals surface area contributed by atoms with E-state index in [1.165, 1.54) is 18.2 Å². The molecular weight excluding hydrogens is 296 g/mol. The predicted octanol–water partition coefficient (Wildman–Crippen LogP) is 3.57. The number of nitrogens with one attached hydrogen (secondary N) is 1. The number of ether oxygens (including phenoxy) is 1. The topological polar surface area (TPSA) is 90.2 Å². The molecule has 2 aromatic rings. The van der Waals surface area contributed by atoms with Crippen molar-refractivity contribution in [2.24, 2.45) is 0 Å². The Balaban J connectivity index is 2.36. The minimum Gasteiger partial charge on any atom is -0.432 e. The van der Waals surface area contributed by atoms with Crippen molar-refractivity contribution < 1.29 is 9.66 Å². The molecule has 0 saturated heterocycles. The van der Waals surface area contributed by atoms with Gasteiger partial charge in [-0.25, -0.2) is 4.98 Å². The van der Waals surface area contributed by atoms with Gasteiger partial charge in [-0.3, -0.25) is 10.1 Å². The number of rotatable bonds is 5. The largest absolute Gasteiger partial charge is 0.432 e. The molecule has 0 unspecified atom stereocenters. The molecule has 0 saturated carbocycles. The van der Waals surface area contributed by atoms with Crippen molar-refractivity contribution in [2.75, 3.05) is 11.9 Å². The maximum Gasteiger partial charge on any atom is 0.313 e. The Labute approximate surface area is 126 Å². The quantitative estimate of drug-likeness (QED) is 0.670. The molecule has 0 aliphatic heterocycles. The van der Waals surface area contributed by atoms with Gasteiger partial charge in [0.1, 0.15) is 11.6 Å². The lowest BCUT2D eigenvalue weighted by atomic mass is 10.3. The summed E-state index contributed by atoms with van der Waals surface area (Å²) >= 11 is 5.76. The molecule has 0 aliphatic carbocycles. The Bertz CT molecular complexity index is 678. The molecule has 21 heavy (non-hydrogen) atoms. The summed E-state index contributed by atoms with van der Waals surface area (Å²) in [6.45, 7) is 4.34. The number of nitro benzene ring substituents is 1. The van der Waals surface area contributed by atoms with Crippen LogP contribution in [0.4, 0.5) is 11.5 Å². The Hall–Kier alpha value is -2.41. The van der Waals surface area contributed by atoms with Gasteiger partial charge < -0.3 is 10.1 Å². The van der Waals surface area contributed by atoms with Crippen molar-refractivity contribution in [2.45, 2.75) is 13.8 Å². The van der Waals surface area contributed by atoms with E-state index in [1.54, 1.807) is 13.0 Å². The lowest BCUT2D eigenvalue weighted by Gasteiger charge is -2.08. The van der Waals surface area contributed by atoms with Gasteiger partial charge in [0, 0.05) is 23.7 Å². The third kappa shape index (κ3) is 3.79. The minimum absolute atomic E-state index is 0.0740. The van der Waals surface area contributed by atoms with Crippen LogP contribution in [0.25, 0.3) is 0 Å². The Morgan fingerprint density at radius 1 is 1.38 bits per heavy atom. The summed E-state index contributed by atoms with van der Waals surface area (Å²) in [5.41, 5.74) is -0.219. The lowest BCUT2D eigenvalue weighted by Crippen LogP contribution is -2.03. The molecule has 1 aromatic carbocycles. The molecule has 0 amide bonds. The van der Waals surface area contributed by atoms with Crippen molar-refractivity contribution in [3.63, 3.8) is 0 Å². The van der Waals surface area contributed by atoms with Crippen molar-refractivity contribution in [3.05, 3.63) is 45.2 Å². The van der Waals surface area contributed by atoms with Crippen LogP contribution in [0, 0.1) is 17.0 Å². The molecule has 0 fully saturated rings. The Kier molecular flexibility index (Phi) is 4.54. The highest BCUT2D eigenvalue weighted by Gasteiger charge is 2.17. The molecule has 110 valence electrons. The van der Waals surface area contributed by atoms with Crippen molar-refractivity contribution in [1.82, 2.24) is 9.97 Å². The predicted molar refractivity (Wildman–Crippen MR) is 79.1 cm³/mol. The third-order valence-corrected chi connectivity index (χ3v) is 2.74. The first kappa shape index (κ1) is 15.0. The van der Waals surface area contributed by atoms with Crippen LogP contribution in [0.5, 0.6) is 11.6 Å². The number of hydrogen-bond acceptors (Lipinski definition) is 6. The SMILES string of the molecule is CCNc1cc(Oc2ccc(Cl)cc2[N+](=O)[O-])nc(C)n1. The molecule has 0 bridgehead atoms. The van der Waals surface area contributed by atoms with E-state index in [0.29, 0.717) is 18.2 Å². The van der Waals surface area contributed by atoms with E-state index in [9.17, 15) is 10.1 Å². The molecule has 2 rings (SSSR count). The summed E-state index contributed by atoms with van der Waals surface area (Å²) in [7, 11) is 0. The molecule has 7 nitrogen and oxygen atoms in total. The van der Waals surface area contributed by atoms with E-state index in [1.807, 2.05) is 6.92 Å². The zero-order chi connectivity index (χ0) is 15.4. The maximum absolute atomic E-state index is 11.0. The summed E-state index contributed by atoms with van der Waals surface area (Å²) in [5.74, 6) is 1.39. The zero-order valence-electron chi connectivity index (χ0n) is 11.5. The number of halogens is 1. The first-order valence-electron chi connectivity index (χ1n) is 6.21. The van der Waals surface area contributed by atoms with Crippen LogP contribution in [0.2, 0.25) is 5.02 Å². The molecule has 0 atom stereocenters. The summed E-state index contributed by atoms with van der Waals surface area (Å²) < 4.78 is 5.50. The van der Waals surface area contributed by atoms with Crippen molar-refractivity contribution in [3.8, 4) is 11.6 Å². The van der Waals surface area contributed by atoms with Gasteiger partial charge in [-0.05, 0) is 26.0 Å². The molecule has 1 heterocycles. The summed E-state index contributed by atoms with van der Waals surface area (Å²) in [6, 6.07) is 5.76. The maximum atomic E-state index is 11.0. The number of anilines is 1. The molecule has 1 aromatic heterocycles. The molecule has 0 aliphatic rings. The fourth-order valence-electron chi connectivity index (χ4n) is 1.70. The van der Waals surface area contributed by atoms with E-state index < -0.39 is 4.92 Å². The number of nitro groups is 1. The van der Waals surface area contributed by atoms with Crippen LogP contribution >= 0.6 is 11.6 Å². The van der Waals surface area contributed by atoms with E-state index in [-0.39, 0.29) is 22.3 Å². The smallest absolute Gasteiger partial charge is 0.313 e. The van der Waals surface area contributed by atoms with Gasteiger partial charge in [0.15, 0.2) is 0 Å². The summed E-state index contributed by atoms with van der Waals surface area (Å²) in [6.07, 6.45) is 0. The second-order valence-corrected chi connectivity index (χ2v) is 4.58. The van der Waals surface area contributed by atoms with E-state index in [4.69, 9.17) is 16.3 Å². The third-order valence-electron chi connectivity index (χ3n) is 2.50. The van der Waals surface area contributed by atoms with Gasteiger partial charge in [0.25, 0.3) is 0 Å². The zero-order valence-corrected chi connectivity index (χ0v) is 12.2. The van der Waals surface area contributed by atoms with Crippen LogP contribution in [0.15, 0.2) is 24.3 Å². The molecule has 8 heteroatoms. The van der Waals surface area contributed by atoms with Gasteiger partial charge in [0.05, 0.1) is 4.92 Å². The van der Waals surface area contributed by atoms with E-state index in [2.05, 4.69) is 15.3 Å². The second-order valence-electron chi connectivity index (χ2n) is 4.14. The molecular formula is C13H13ClN4O3. The fourth-order valence-corrected chi connectivity index (χ4v) is 1.86. The summed E-state index contributed by atoms with van der Waals surface area (Å²) in [5, 5.41) is 14.3. The van der Waals surface area contributed by atoms with Crippen molar-refractivity contribution >= 4 is 23.1 Å². The van der Waals surface area contributed by atoms with Crippen LogP contribution in [-0.4, -0.2) is 21.4 Å². The highest BCUT2D eigenvalue weighted by molar-refractivity contribution is 6.30. The number of hydrogen-bond donors (Lipinski definition) is 1. The standard InChI is InChI=1S/C13H13ClN4O3/c1-3-15-12-7-13(17-8(2)16-12)21-11-5-4-9(14)6-10(11)18(19)20/h4-7H,3H2,1-2H3,(H,15,16,17). The Morgan fingerprint density at radius 3 is 2.81 bits per heavy atom. The first-order valence-corrected chi connectivity index (χ1v) is 6.58. The highest BCUT2D eigenvalue weighted by atomic mass is 35.5. The van der Waals surface area contributed by atoms with Crippen molar-refractivity contribution in [1.29, 1.82) is 0 Å². The van der Waals surface area contributed by atoms with Crippen LogP contribution in [0.1, 0.15) is 12.7 Å². The summed E-state index contributed by atoms with van der Waals surface area (Å²) in [4.78, 5) is 18.8. The number of aryl methyl sites for hydroxylation is 1. The second kappa shape index (κ2) is 6.36. The lowest BCUT2D eigenvalue weighted by molar-refractivity contribution is -0.385. The van der Waals surface area contributed by atoms with Crippen LogP contribution in [-0.2, 0) is 0 Å². The number of benzene rings is 1. The normalized spacial score (nSPS) is 10.2. The molecule has 0 radical (unpaired) electrons. The monoisotopic (exact) mass is 308 g/mol. The average Bonchev–Trinajstić information content (AvgIpc) is 2.40. The van der Waals surface area contributed by atoms with Crippen LogP contribution in [0.3, 0.4) is 0 Å². The number of aromatic nitrogens is 2. The van der Waals surface area contributed by atoms with Gasteiger partial charge in [-0.1, -0.05) is 11.6 Å². The average molecular weight is 309 g/mol. The van der Waals surface area contributed by atoms with Gasteiger partial charge >= 0.3 is 5.69 Å².